The second kappa shape index (κ2) is 7.69. The lowest BCUT2D eigenvalue weighted by molar-refractivity contribution is 0.303. The first kappa shape index (κ1) is 12.5. The van der Waals surface area contributed by atoms with E-state index in [1.54, 1.807) is 6.20 Å². The van der Waals surface area contributed by atoms with Gasteiger partial charge in [0, 0.05) is 0 Å². The average Bonchev–Trinajstić information content (AvgIpc) is 2.26. The molecular weight excluding hydrogens is 254 g/mol. The number of hydrogen-bond donors (Lipinski definition) is 0. The number of ether oxygens (including phenoxy) is 1. The molecule has 0 aliphatic rings. The summed E-state index contributed by atoms with van der Waals surface area (Å²) in [6.07, 6.45) is 8.08. The zero-order valence-corrected chi connectivity index (χ0v) is 10.8. The number of unbranched alkanes of at least 4 members (excludes halogenated alkanes) is 4. The molecule has 0 aliphatic heterocycles. The summed E-state index contributed by atoms with van der Waals surface area (Å²) < 4.78 is 6.40. The Labute approximate surface area is 100 Å². The Morgan fingerprint density at radius 2 is 2.00 bits per heavy atom. The molecule has 0 amide bonds. The molecule has 0 radical (unpaired) electrons. The van der Waals surface area contributed by atoms with Gasteiger partial charge < -0.3 is 4.74 Å². The third kappa shape index (κ3) is 5.78. The quantitative estimate of drug-likeness (QED) is 0.548. The molecule has 1 aromatic rings. The maximum Gasteiger partial charge on any atom is 0.137 e. The van der Waals surface area contributed by atoms with E-state index >= 15 is 0 Å². The lowest BCUT2D eigenvalue weighted by Gasteiger charge is -2.05. The topological polar surface area (TPSA) is 22.1 Å². The monoisotopic (exact) mass is 271 g/mol. The van der Waals surface area contributed by atoms with E-state index in [-0.39, 0.29) is 0 Å². The minimum atomic E-state index is 0.799. The number of nitrogens with zero attached hydrogens (tertiary/aromatic N) is 1. The van der Waals surface area contributed by atoms with E-state index in [1.807, 2.05) is 12.1 Å². The predicted molar refractivity (Wildman–Crippen MR) is 66.2 cm³/mol. The molecule has 0 bridgehead atoms. The summed E-state index contributed by atoms with van der Waals surface area (Å²) in [4.78, 5) is 4.10. The summed E-state index contributed by atoms with van der Waals surface area (Å²) in [7, 11) is 0. The number of halogens is 1. The van der Waals surface area contributed by atoms with Gasteiger partial charge >= 0.3 is 0 Å². The van der Waals surface area contributed by atoms with Gasteiger partial charge in [-0.2, -0.15) is 0 Å². The van der Waals surface area contributed by atoms with Crippen molar-refractivity contribution in [3.63, 3.8) is 0 Å². The van der Waals surface area contributed by atoms with Crippen LogP contribution in [0.1, 0.15) is 39.0 Å². The van der Waals surface area contributed by atoms with Gasteiger partial charge in [-0.15, -0.1) is 0 Å². The molecule has 3 heteroatoms. The molecule has 0 N–H and O–H groups in total. The fourth-order valence-electron chi connectivity index (χ4n) is 1.34. The molecule has 1 aromatic heterocycles. The van der Waals surface area contributed by atoms with Crippen LogP contribution in [0, 0.1) is 0 Å². The molecule has 1 rings (SSSR count). The van der Waals surface area contributed by atoms with Crippen LogP contribution < -0.4 is 4.74 Å². The zero-order valence-electron chi connectivity index (χ0n) is 9.21. The van der Waals surface area contributed by atoms with Gasteiger partial charge in [-0.05, 0) is 34.5 Å². The fraction of sp³-hybridized carbons (Fsp3) is 0.583. The Morgan fingerprint density at radius 1 is 1.20 bits per heavy atom. The minimum Gasteiger partial charge on any atom is -0.492 e. The molecule has 0 unspecified atom stereocenters. The molecule has 0 saturated carbocycles. The van der Waals surface area contributed by atoms with Crippen LogP contribution in [0.5, 0.6) is 5.75 Å². The summed E-state index contributed by atoms with van der Waals surface area (Å²) >= 11 is 3.29. The van der Waals surface area contributed by atoms with Gasteiger partial charge in [0.25, 0.3) is 0 Å². The fourth-order valence-corrected chi connectivity index (χ4v) is 1.58. The van der Waals surface area contributed by atoms with Crippen molar-refractivity contribution in [2.45, 2.75) is 39.0 Å². The van der Waals surface area contributed by atoms with Gasteiger partial charge in [-0.1, -0.05) is 32.6 Å². The van der Waals surface area contributed by atoms with Crippen LogP contribution in [-0.4, -0.2) is 11.6 Å². The van der Waals surface area contributed by atoms with E-state index in [0.29, 0.717) is 0 Å². The van der Waals surface area contributed by atoms with E-state index in [1.165, 1.54) is 25.7 Å². The molecule has 0 spiro atoms. The Kier molecular flexibility index (Phi) is 6.41. The summed E-state index contributed by atoms with van der Waals surface area (Å²) in [6, 6.07) is 3.83. The highest BCUT2D eigenvalue weighted by Gasteiger charge is 1.94. The zero-order chi connectivity index (χ0) is 10.9. The van der Waals surface area contributed by atoms with Crippen LogP contribution in [-0.2, 0) is 0 Å². The van der Waals surface area contributed by atoms with E-state index < -0.39 is 0 Å². The van der Waals surface area contributed by atoms with Crippen LogP contribution in [0.15, 0.2) is 22.9 Å². The van der Waals surface area contributed by atoms with Crippen molar-refractivity contribution < 1.29 is 4.74 Å². The smallest absolute Gasteiger partial charge is 0.137 e. The van der Waals surface area contributed by atoms with Gasteiger partial charge in [-0.25, -0.2) is 4.98 Å². The molecule has 0 fully saturated rings. The number of pyridine rings is 1. The summed E-state index contributed by atoms with van der Waals surface area (Å²) in [5.41, 5.74) is 0. The van der Waals surface area contributed by atoms with Gasteiger partial charge in [0.1, 0.15) is 10.4 Å². The van der Waals surface area contributed by atoms with Crippen molar-refractivity contribution in [1.29, 1.82) is 0 Å². The summed E-state index contributed by atoms with van der Waals surface area (Å²) in [5, 5.41) is 0. The molecule has 0 aliphatic carbocycles. The lowest BCUT2D eigenvalue weighted by Crippen LogP contribution is -1.97. The number of aromatic nitrogens is 1. The first-order chi connectivity index (χ1) is 7.33. The van der Waals surface area contributed by atoms with Gasteiger partial charge in [0.15, 0.2) is 0 Å². The van der Waals surface area contributed by atoms with Crippen LogP contribution in [0.3, 0.4) is 0 Å². The Hall–Kier alpha value is -0.570. The van der Waals surface area contributed by atoms with Crippen molar-refractivity contribution in [3.8, 4) is 5.75 Å². The third-order valence-corrected chi connectivity index (χ3v) is 2.69. The van der Waals surface area contributed by atoms with Crippen LogP contribution >= 0.6 is 15.9 Å². The third-order valence-electron chi connectivity index (χ3n) is 2.22. The molecule has 0 aromatic carbocycles. The van der Waals surface area contributed by atoms with Gasteiger partial charge in [-0.3, -0.25) is 0 Å². The molecule has 2 nitrogen and oxygen atoms in total. The van der Waals surface area contributed by atoms with E-state index in [2.05, 4.69) is 27.8 Å². The maximum absolute atomic E-state index is 5.56. The van der Waals surface area contributed by atoms with Crippen LogP contribution in [0.4, 0.5) is 0 Å². The first-order valence-corrected chi connectivity index (χ1v) is 6.36. The van der Waals surface area contributed by atoms with Gasteiger partial charge in [0.2, 0.25) is 0 Å². The normalized spacial score (nSPS) is 10.3. The van der Waals surface area contributed by atoms with E-state index in [0.717, 1.165) is 23.4 Å². The highest BCUT2D eigenvalue weighted by atomic mass is 79.9. The van der Waals surface area contributed by atoms with Crippen LogP contribution in [0.2, 0.25) is 0 Å². The van der Waals surface area contributed by atoms with Crippen LogP contribution in [0.25, 0.3) is 0 Å². The maximum atomic E-state index is 5.56. The van der Waals surface area contributed by atoms with Crippen molar-refractivity contribution in [3.05, 3.63) is 22.9 Å². The minimum absolute atomic E-state index is 0.799. The molecule has 15 heavy (non-hydrogen) atoms. The Bertz CT molecular complexity index is 261. The largest absolute Gasteiger partial charge is 0.492 e. The van der Waals surface area contributed by atoms with Crippen molar-refractivity contribution in [1.82, 2.24) is 4.98 Å². The van der Waals surface area contributed by atoms with E-state index in [4.69, 9.17) is 4.74 Å². The molecule has 0 atom stereocenters. The lowest BCUT2D eigenvalue weighted by atomic mass is 10.2. The number of hydrogen-bond acceptors (Lipinski definition) is 2. The average molecular weight is 272 g/mol. The molecule has 0 saturated heterocycles. The summed E-state index contributed by atoms with van der Waals surface area (Å²) in [5.74, 6) is 0.855. The first-order valence-electron chi connectivity index (χ1n) is 5.57. The SMILES string of the molecule is CCCCCCCOc1ccc(Br)nc1. The predicted octanol–water partition coefficient (Wildman–Crippen LogP) is 4.19. The summed E-state index contributed by atoms with van der Waals surface area (Å²) in [6.45, 7) is 3.02. The van der Waals surface area contributed by atoms with Crippen molar-refractivity contribution >= 4 is 15.9 Å². The van der Waals surface area contributed by atoms with Gasteiger partial charge in [0.05, 0.1) is 12.8 Å². The second-order valence-corrected chi connectivity index (χ2v) is 4.39. The Balaban J connectivity index is 2.07. The van der Waals surface area contributed by atoms with E-state index in [9.17, 15) is 0 Å². The van der Waals surface area contributed by atoms with Crippen molar-refractivity contribution in [2.24, 2.45) is 0 Å². The Morgan fingerprint density at radius 3 is 2.67 bits per heavy atom. The highest BCUT2D eigenvalue weighted by Crippen LogP contribution is 2.13. The standard InChI is InChI=1S/C12H18BrNO/c1-2-3-4-5-6-9-15-11-7-8-12(13)14-10-11/h7-8,10H,2-6,9H2,1H3. The highest BCUT2D eigenvalue weighted by molar-refractivity contribution is 9.10. The molecule has 84 valence electrons. The van der Waals surface area contributed by atoms with Crippen molar-refractivity contribution in [2.75, 3.05) is 6.61 Å². The number of rotatable bonds is 7. The second-order valence-electron chi connectivity index (χ2n) is 3.58. The molecule has 1 heterocycles. The molecular formula is C12H18BrNO.